The number of pyridine rings is 1. The number of carbonyl (C=O) groups is 1. The number of halogens is 2. The number of aromatic nitrogens is 1. The van der Waals surface area contributed by atoms with Crippen molar-refractivity contribution >= 4 is 68.8 Å². The van der Waals surface area contributed by atoms with Crippen LogP contribution in [0.25, 0.3) is 21.9 Å². The Morgan fingerprint density at radius 3 is 2.63 bits per heavy atom. The van der Waals surface area contributed by atoms with Gasteiger partial charge in [0, 0.05) is 23.2 Å². The van der Waals surface area contributed by atoms with Crippen LogP contribution in [0.15, 0.2) is 52.1 Å². The number of amides is 1. The molecular weight excluding hydrogens is 429 g/mol. The lowest BCUT2D eigenvalue weighted by molar-refractivity contribution is 0.102. The minimum absolute atomic E-state index is 0.230. The predicted octanol–water partition coefficient (Wildman–Crippen LogP) is 5.85. The van der Waals surface area contributed by atoms with E-state index < -0.39 is 5.91 Å². The highest BCUT2D eigenvalue weighted by Crippen LogP contribution is 2.39. The summed E-state index contributed by atoms with van der Waals surface area (Å²) in [7, 11) is 3.05. The van der Waals surface area contributed by atoms with Gasteiger partial charge in [-0.2, -0.15) is 0 Å². The van der Waals surface area contributed by atoms with E-state index in [4.69, 9.17) is 37.1 Å². The van der Waals surface area contributed by atoms with Crippen LogP contribution in [0.2, 0.25) is 10.0 Å². The quantitative estimate of drug-likeness (QED) is 0.308. The van der Waals surface area contributed by atoms with Gasteiger partial charge in [0.2, 0.25) is 0 Å². The first-order chi connectivity index (χ1) is 14.5. The minimum atomic E-state index is -0.411. The van der Waals surface area contributed by atoms with Crippen LogP contribution in [0.3, 0.4) is 0 Å². The average Bonchev–Trinajstić information content (AvgIpc) is 3.13. The molecule has 4 rings (SSSR count). The first-order valence-electron chi connectivity index (χ1n) is 8.72. The van der Waals surface area contributed by atoms with Crippen LogP contribution in [-0.2, 0) is 4.74 Å². The van der Waals surface area contributed by atoms with Crippen molar-refractivity contribution in [1.82, 2.24) is 4.98 Å². The lowest BCUT2D eigenvalue weighted by Gasteiger charge is -2.10. The molecule has 0 radical (unpaired) electrons. The lowest BCUT2D eigenvalue weighted by atomic mass is 10.0. The molecule has 1 N–H and O–H groups in total. The number of aliphatic imine (C=N–C) groups is 1. The number of methoxy groups -OCH3 is 2. The zero-order valence-electron chi connectivity index (χ0n) is 15.9. The normalized spacial score (nSPS) is 11.3. The third-order valence-electron chi connectivity index (χ3n) is 4.43. The van der Waals surface area contributed by atoms with E-state index in [0.717, 1.165) is 0 Å². The molecule has 2 heterocycles. The van der Waals surface area contributed by atoms with Gasteiger partial charge >= 0.3 is 0 Å². The second-order valence-corrected chi connectivity index (χ2v) is 7.02. The summed E-state index contributed by atoms with van der Waals surface area (Å²) in [5.74, 6) is 0.0887. The summed E-state index contributed by atoms with van der Waals surface area (Å²) >= 11 is 12.3. The van der Waals surface area contributed by atoms with Gasteiger partial charge < -0.3 is 19.2 Å². The molecule has 2 aromatic carbocycles. The Morgan fingerprint density at radius 2 is 1.93 bits per heavy atom. The van der Waals surface area contributed by atoms with Gasteiger partial charge in [-0.1, -0.05) is 23.2 Å². The number of rotatable bonds is 5. The van der Waals surface area contributed by atoms with E-state index in [1.165, 1.54) is 33.0 Å². The van der Waals surface area contributed by atoms with Crippen LogP contribution in [0.5, 0.6) is 5.75 Å². The second-order valence-electron chi connectivity index (χ2n) is 6.20. The number of anilines is 1. The number of furan rings is 1. The molecule has 2 aromatic heterocycles. The van der Waals surface area contributed by atoms with Gasteiger partial charge in [-0.15, -0.1) is 0 Å². The molecule has 0 bridgehead atoms. The number of nitrogens with one attached hydrogen (secondary N) is 1. The van der Waals surface area contributed by atoms with Crippen molar-refractivity contribution in [2.45, 2.75) is 0 Å². The van der Waals surface area contributed by atoms with E-state index in [2.05, 4.69) is 15.3 Å². The summed E-state index contributed by atoms with van der Waals surface area (Å²) in [6.45, 7) is 0. The van der Waals surface area contributed by atoms with Crippen LogP contribution < -0.4 is 10.1 Å². The molecule has 0 aliphatic heterocycles. The first-order valence-corrected chi connectivity index (χ1v) is 9.48. The van der Waals surface area contributed by atoms with Crippen LogP contribution in [0.4, 0.5) is 11.4 Å². The zero-order chi connectivity index (χ0) is 21.3. The molecule has 0 saturated carbocycles. The highest BCUT2D eigenvalue weighted by atomic mass is 35.5. The summed E-state index contributed by atoms with van der Waals surface area (Å²) < 4.78 is 16.3. The third-order valence-corrected chi connectivity index (χ3v) is 5.00. The third kappa shape index (κ3) is 3.53. The summed E-state index contributed by atoms with van der Waals surface area (Å²) in [5.41, 5.74) is 2.31. The molecule has 0 fully saturated rings. The molecule has 9 heteroatoms. The van der Waals surface area contributed by atoms with E-state index in [-0.39, 0.29) is 15.7 Å². The van der Waals surface area contributed by atoms with Crippen LogP contribution >= 0.6 is 23.2 Å². The van der Waals surface area contributed by atoms with Gasteiger partial charge in [-0.3, -0.25) is 9.78 Å². The Hall–Kier alpha value is -3.29. The summed E-state index contributed by atoms with van der Waals surface area (Å²) in [5, 5.41) is 4.50. The van der Waals surface area contributed by atoms with E-state index in [1.54, 1.807) is 30.3 Å². The summed E-state index contributed by atoms with van der Waals surface area (Å²) in [6.07, 6.45) is 4.13. The molecule has 152 valence electrons. The molecule has 1 amide bonds. The highest BCUT2D eigenvalue weighted by Gasteiger charge is 2.21. The number of ether oxygens (including phenoxy) is 2. The fourth-order valence-electron chi connectivity index (χ4n) is 3.10. The van der Waals surface area contributed by atoms with E-state index >= 15 is 0 Å². The molecule has 4 aromatic rings. The molecule has 0 atom stereocenters. The lowest BCUT2D eigenvalue weighted by Crippen LogP contribution is -2.13. The van der Waals surface area contributed by atoms with E-state index in [1.807, 2.05) is 0 Å². The Balaban J connectivity index is 1.90. The van der Waals surface area contributed by atoms with Crippen LogP contribution in [-0.4, -0.2) is 31.5 Å². The number of fused-ring (bicyclic) bond motifs is 3. The van der Waals surface area contributed by atoms with Crippen LogP contribution in [0, 0.1) is 0 Å². The first kappa shape index (κ1) is 20.0. The maximum Gasteiger partial charge on any atom is 0.256 e. The largest absolute Gasteiger partial charge is 0.493 e. The number of carbonyl (C=O) groups excluding carboxylic acids is 1. The summed E-state index contributed by atoms with van der Waals surface area (Å²) in [4.78, 5) is 21.3. The standard InChI is InChI=1S/C21H15Cl2N3O4/c1-28-10-25-11-3-5-16-13(7-11)18-12(4-6-17(29-2)20(18)30-16)21(27)26-19-14(22)8-24-9-15(19)23/h3-10H,1-2H3,(H,24,26,27)/b25-10+. The van der Waals surface area contributed by atoms with Crippen molar-refractivity contribution in [1.29, 1.82) is 0 Å². The van der Waals surface area contributed by atoms with Gasteiger partial charge in [-0.05, 0) is 30.3 Å². The molecular formula is C21H15Cl2N3O4. The zero-order valence-corrected chi connectivity index (χ0v) is 17.4. The molecule has 0 unspecified atom stereocenters. The molecule has 0 aliphatic carbocycles. The highest BCUT2D eigenvalue weighted by molar-refractivity contribution is 6.40. The van der Waals surface area contributed by atoms with Crippen molar-refractivity contribution in [3.63, 3.8) is 0 Å². The molecule has 0 aliphatic rings. The van der Waals surface area contributed by atoms with Gasteiger partial charge in [0.1, 0.15) is 5.58 Å². The maximum absolute atomic E-state index is 13.1. The number of nitrogens with zero attached hydrogens (tertiary/aromatic N) is 2. The van der Waals surface area contributed by atoms with Crippen molar-refractivity contribution in [3.8, 4) is 5.75 Å². The van der Waals surface area contributed by atoms with Gasteiger partial charge in [-0.25, -0.2) is 4.99 Å². The number of benzene rings is 2. The fourth-order valence-corrected chi connectivity index (χ4v) is 3.56. The smallest absolute Gasteiger partial charge is 0.256 e. The summed E-state index contributed by atoms with van der Waals surface area (Å²) in [6, 6.07) is 8.68. The molecule has 30 heavy (non-hydrogen) atoms. The van der Waals surface area contributed by atoms with Gasteiger partial charge in [0.15, 0.2) is 17.7 Å². The predicted molar refractivity (Wildman–Crippen MR) is 118 cm³/mol. The van der Waals surface area contributed by atoms with E-state index in [9.17, 15) is 4.79 Å². The van der Waals surface area contributed by atoms with Gasteiger partial charge in [0.25, 0.3) is 5.91 Å². The molecule has 7 nitrogen and oxygen atoms in total. The number of hydrogen-bond donors (Lipinski definition) is 1. The number of hydrogen-bond acceptors (Lipinski definition) is 6. The Labute approximate surface area is 181 Å². The van der Waals surface area contributed by atoms with Crippen molar-refractivity contribution < 1.29 is 18.7 Å². The Bertz CT molecular complexity index is 1280. The van der Waals surface area contributed by atoms with Crippen molar-refractivity contribution in [2.24, 2.45) is 4.99 Å². The maximum atomic E-state index is 13.1. The van der Waals surface area contributed by atoms with Crippen molar-refractivity contribution in [2.75, 3.05) is 19.5 Å². The Morgan fingerprint density at radius 1 is 1.17 bits per heavy atom. The SMILES string of the molecule is CO/C=N/c1ccc2oc3c(OC)ccc(C(=O)Nc4c(Cl)cncc4Cl)c3c2c1. The van der Waals surface area contributed by atoms with Crippen LogP contribution in [0.1, 0.15) is 10.4 Å². The second kappa shape index (κ2) is 8.22. The molecule has 0 spiro atoms. The van der Waals surface area contributed by atoms with Crippen molar-refractivity contribution in [3.05, 3.63) is 58.3 Å². The monoisotopic (exact) mass is 443 g/mol. The van der Waals surface area contributed by atoms with E-state index in [0.29, 0.717) is 38.9 Å². The minimum Gasteiger partial charge on any atom is -0.493 e. The van der Waals surface area contributed by atoms with Gasteiger partial charge in [0.05, 0.1) is 41.2 Å². The Kier molecular flexibility index (Phi) is 5.48. The molecule has 0 saturated heterocycles. The fraction of sp³-hybridized carbons (Fsp3) is 0.0952. The topological polar surface area (TPSA) is 86.0 Å². The average molecular weight is 444 g/mol.